The first kappa shape index (κ1) is 27.9. The fourth-order valence-corrected chi connectivity index (χ4v) is 4.07. The summed E-state index contributed by atoms with van der Waals surface area (Å²) in [6.07, 6.45) is 6.04. The zero-order chi connectivity index (χ0) is 24.7. The van der Waals surface area contributed by atoms with E-state index in [2.05, 4.69) is 0 Å². The first-order valence-electron chi connectivity index (χ1n) is 11.0. The van der Waals surface area contributed by atoms with Crippen LogP contribution in [0.1, 0.15) is 67.2 Å². The first-order valence-corrected chi connectivity index (χ1v) is 11.0. The Kier molecular flexibility index (Phi) is 10.2. The van der Waals surface area contributed by atoms with Gasteiger partial charge in [0.25, 0.3) is 0 Å². The molecule has 180 valence electrons. The van der Waals surface area contributed by atoms with E-state index < -0.39 is 41.5 Å². The Labute approximate surface area is 190 Å². The predicted octanol–water partition coefficient (Wildman–Crippen LogP) is 3.03. The van der Waals surface area contributed by atoms with Crippen LogP contribution in [0.15, 0.2) is 35.6 Å². The van der Waals surface area contributed by atoms with Crippen molar-refractivity contribution in [2.75, 3.05) is 6.61 Å². The molecule has 0 spiro atoms. The Morgan fingerprint density at radius 2 is 1.94 bits per heavy atom. The van der Waals surface area contributed by atoms with Crippen molar-refractivity contribution >= 4 is 17.5 Å². The maximum absolute atomic E-state index is 13.1. The zero-order valence-electron chi connectivity index (χ0n) is 20.1. The lowest BCUT2D eigenvalue weighted by atomic mass is 9.65. The Balaban J connectivity index is 3.35. The number of esters is 1. The van der Waals surface area contributed by atoms with Gasteiger partial charge in [-0.15, -0.1) is 0 Å². The van der Waals surface area contributed by atoms with Gasteiger partial charge >= 0.3 is 5.97 Å². The Hall–Kier alpha value is -2.09. The van der Waals surface area contributed by atoms with Crippen LogP contribution in [0, 0.1) is 17.3 Å². The van der Waals surface area contributed by atoms with Crippen molar-refractivity contribution in [3.63, 3.8) is 0 Å². The average Bonchev–Trinajstić information content (AvgIpc) is 2.75. The summed E-state index contributed by atoms with van der Waals surface area (Å²) in [5.41, 5.74) is -0.849. The lowest BCUT2D eigenvalue weighted by Gasteiger charge is -2.39. The number of rotatable bonds is 10. The van der Waals surface area contributed by atoms with Crippen molar-refractivity contribution in [2.24, 2.45) is 17.3 Å². The standard InChI is InChI=1S/C25H38O7/c1-16(2)13-22(29)32-12-9-20-19(14-17(3)27)23(30)18(15-26)7-10-25(20,6)11-8-21(28)24(4,5)31/h7,9,12-13,19-21,26,28,31H,8,10-11,14-15H2,1-6H3/b12-9+/t19-,20-,21+,25+/m1/s1. The van der Waals surface area contributed by atoms with E-state index in [1.807, 2.05) is 6.92 Å². The topological polar surface area (TPSA) is 121 Å². The summed E-state index contributed by atoms with van der Waals surface area (Å²) in [4.78, 5) is 37.0. The maximum Gasteiger partial charge on any atom is 0.335 e. The maximum atomic E-state index is 13.1. The van der Waals surface area contributed by atoms with Gasteiger partial charge in [0, 0.05) is 24.0 Å². The summed E-state index contributed by atoms with van der Waals surface area (Å²) in [5.74, 6) is -2.25. The number of ketones is 2. The molecule has 1 rings (SSSR count). The number of ether oxygens (including phenoxy) is 1. The number of aliphatic hydroxyl groups is 3. The quantitative estimate of drug-likeness (QED) is 0.266. The summed E-state index contributed by atoms with van der Waals surface area (Å²) in [5, 5.41) is 30.2. The first-order chi connectivity index (χ1) is 14.7. The lowest BCUT2D eigenvalue weighted by molar-refractivity contribution is -0.132. The summed E-state index contributed by atoms with van der Waals surface area (Å²) >= 11 is 0. The van der Waals surface area contributed by atoms with Gasteiger partial charge in [-0.05, 0) is 71.3 Å². The van der Waals surface area contributed by atoms with Crippen molar-refractivity contribution < 1.29 is 34.4 Å². The highest BCUT2D eigenvalue weighted by atomic mass is 16.5. The minimum atomic E-state index is -1.28. The molecule has 4 atom stereocenters. The molecule has 0 unspecified atom stereocenters. The molecular formula is C25H38O7. The van der Waals surface area contributed by atoms with Crippen molar-refractivity contribution in [3.05, 3.63) is 35.6 Å². The van der Waals surface area contributed by atoms with E-state index in [0.717, 1.165) is 5.57 Å². The number of carbonyl (C=O) groups excluding carboxylic acids is 3. The monoisotopic (exact) mass is 450 g/mol. The van der Waals surface area contributed by atoms with E-state index in [1.54, 1.807) is 26.0 Å². The Morgan fingerprint density at radius 3 is 2.44 bits per heavy atom. The molecular weight excluding hydrogens is 412 g/mol. The molecule has 1 aliphatic carbocycles. The zero-order valence-corrected chi connectivity index (χ0v) is 20.1. The minimum Gasteiger partial charge on any atom is -0.432 e. The van der Waals surface area contributed by atoms with Crippen LogP contribution in [0.5, 0.6) is 0 Å². The highest BCUT2D eigenvalue weighted by Crippen LogP contribution is 2.46. The second-order valence-corrected chi connectivity index (χ2v) is 9.84. The van der Waals surface area contributed by atoms with Crippen LogP contribution in [0.4, 0.5) is 0 Å². The van der Waals surface area contributed by atoms with E-state index in [4.69, 9.17) is 4.74 Å². The number of hydrogen-bond acceptors (Lipinski definition) is 7. The smallest absolute Gasteiger partial charge is 0.335 e. The third kappa shape index (κ3) is 8.11. The lowest BCUT2D eigenvalue weighted by Crippen LogP contribution is -2.39. The van der Waals surface area contributed by atoms with Crippen LogP contribution in [0.2, 0.25) is 0 Å². The van der Waals surface area contributed by atoms with Gasteiger partial charge in [-0.3, -0.25) is 4.79 Å². The fourth-order valence-electron chi connectivity index (χ4n) is 4.07. The molecule has 0 amide bonds. The molecule has 0 bridgehead atoms. The molecule has 0 fully saturated rings. The van der Waals surface area contributed by atoms with Crippen molar-refractivity contribution in [3.8, 4) is 0 Å². The second-order valence-electron chi connectivity index (χ2n) is 9.84. The highest BCUT2D eigenvalue weighted by Gasteiger charge is 2.44. The largest absolute Gasteiger partial charge is 0.432 e. The van der Waals surface area contributed by atoms with E-state index >= 15 is 0 Å². The molecule has 7 heteroatoms. The number of hydrogen-bond donors (Lipinski definition) is 3. The molecule has 3 N–H and O–H groups in total. The fraction of sp³-hybridized carbons (Fsp3) is 0.640. The summed E-state index contributed by atoms with van der Waals surface area (Å²) < 4.78 is 5.16. The van der Waals surface area contributed by atoms with E-state index in [9.17, 15) is 29.7 Å². The molecule has 0 aromatic carbocycles. The molecule has 7 nitrogen and oxygen atoms in total. The normalized spacial score (nSPS) is 25.2. The summed E-state index contributed by atoms with van der Waals surface area (Å²) in [6, 6.07) is 0. The minimum absolute atomic E-state index is 0.0171. The van der Waals surface area contributed by atoms with E-state index in [1.165, 1.54) is 33.1 Å². The molecule has 0 heterocycles. The van der Waals surface area contributed by atoms with Crippen LogP contribution in [-0.4, -0.2) is 51.2 Å². The molecule has 0 radical (unpaired) electrons. The van der Waals surface area contributed by atoms with Crippen molar-refractivity contribution in [1.82, 2.24) is 0 Å². The Morgan fingerprint density at radius 1 is 1.31 bits per heavy atom. The van der Waals surface area contributed by atoms with Gasteiger partial charge in [-0.25, -0.2) is 4.79 Å². The van der Waals surface area contributed by atoms with Crippen molar-refractivity contribution in [2.45, 2.75) is 78.9 Å². The molecule has 0 aliphatic heterocycles. The summed E-state index contributed by atoms with van der Waals surface area (Å²) in [6.45, 7) is 9.51. The highest BCUT2D eigenvalue weighted by molar-refractivity contribution is 6.00. The number of allylic oxidation sites excluding steroid dienone is 3. The van der Waals surface area contributed by atoms with Gasteiger partial charge in [0.1, 0.15) is 5.78 Å². The summed E-state index contributed by atoms with van der Waals surface area (Å²) in [7, 11) is 0. The molecule has 0 aromatic rings. The van der Waals surface area contributed by atoms with E-state index in [0.29, 0.717) is 12.8 Å². The SMILES string of the molecule is CC(=O)C[C@H]1C(=O)C(CO)=CC[C@@](C)(CC[C@H](O)C(C)(C)O)[C@@H]1/C=C/OC(=O)C=C(C)C. The van der Waals surface area contributed by atoms with Crippen molar-refractivity contribution in [1.29, 1.82) is 0 Å². The molecule has 0 saturated heterocycles. The van der Waals surface area contributed by atoms with Gasteiger partial charge in [0.2, 0.25) is 0 Å². The van der Waals surface area contributed by atoms with Crippen LogP contribution >= 0.6 is 0 Å². The predicted molar refractivity (Wildman–Crippen MR) is 121 cm³/mol. The van der Waals surface area contributed by atoms with Crippen LogP contribution in [0.3, 0.4) is 0 Å². The number of Topliss-reactive ketones (excluding diaryl/α,β-unsaturated/α-hetero) is 2. The third-order valence-electron chi connectivity index (χ3n) is 6.06. The van der Waals surface area contributed by atoms with E-state index in [-0.39, 0.29) is 30.0 Å². The molecule has 32 heavy (non-hydrogen) atoms. The average molecular weight is 451 g/mol. The Bertz CT molecular complexity index is 781. The second kappa shape index (κ2) is 11.7. The molecule has 0 aromatic heterocycles. The third-order valence-corrected chi connectivity index (χ3v) is 6.06. The van der Waals surface area contributed by atoms with Crippen LogP contribution in [-0.2, 0) is 19.1 Å². The van der Waals surface area contributed by atoms with Gasteiger partial charge in [0.15, 0.2) is 5.78 Å². The molecule has 0 saturated carbocycles. The van der Waals surface area contributed by atoms with Crippen LogP contribution < -0.4 is 0 Å². The number of carbonyl (C=O) groups is 3. The molecule has 1 aliphatic rings. The number of aliphatic hydroxyl groups excluding tert-OH is 2. The van der Waals surface area contributed by atoms with Crippen LogP contribution in [0.25, 0.3) is 0 Å². The van der Waals surface area contributed by atoms with Gasteiger partial charge in [0.05, 0.1) is 24.6 Å². The van der Waals surface area contributed by atoms with Gasteiger partial charge < -0.3 is 24.9 Å². The van der Waals surface area contributed by atoms with Gasteiger partial charge in [-0.2, -0.15) is 0 Å². The van der Waals surface area contributed by atoms with Gasteiger partial charge in [-0.1, -0.05) is 18.6 Å².